The number of rotatable bonds is 8. The molecule has 2 aromatic rings. The van der Waals surface area contributed by atoms with Crippen LogP contribution in [0.25, 0.3) is 10.6 Å². The average Bonchev–Trinajstić information content (AvgIpc) is 3.16. The number of carbonyl (C=O) groups is 1. The standard InChI is InChI=1S/C22H30N4OS/c1-4-26(14-18(2)3)21(27)16-25-12-10-24(11-13-25)15-20-17-28-22(23-20)19-8-6-5-7-9-19/h5-9,17H,2,4,10-16H2,1,3H3. The Morgan fingerprint density at radius 3 is 2.50 bits per heavy atom. The number of benzene rings is 1. The van der Waals surface area contributed by atoms with E-state index in [1.807, 2.05) is 36.9 Å². The average molecular weight is 399 g/mol. The van der Waals surface area contributed by atoms with E-state index in [4.69, 9.17) is 4.98 Å². The largest absolute Gasteiger partial charge is 0.338 e. The zero-order valence-electron chi connectivity index (χ0n) is 16.9. The highest BCUT2D eigenvalue weighted by molar-refractivity contribution is 7.13. The topological polar surface area (TPSA) is 39.7 Å². The molecule has 3 rings (SSSR count). The van der Waals surface area contributed by atoms with Crippen LogP contribution in [-0.2, 0) is 11.3 Å². The van der Waals surface area contributed by atoms with Crippen LogP contribution in [0.5, 0.6) is 0 Å². The minimum atomic E-state index is 0.200. The Kier molecular flexibility index (Phi) is 7.36. The van der Waals surface area contributed by atoms with Crippen molar-refractivity contribution < 1.29 is 4.79 Å². The van der Waals surface area contributed by atoms with Crippen LogP contribution in [0.15, 0.2) is 47.9 Å². The lowest BCUT2D eigenvalue weighted by molar-refractivity contribution is -0.132. The fourth-order valence-corrected chi connectivity index (χ4v) is 4.24. The Bertz CT molecular complexity index is 781. The number of amides is 1. The molecule has 1 amide bonds. The third kappa shape index (κ3) is 5.74. The van der Waals surface area contributed by atoms with Gasteiger partial charge < -0.3 is 4.90 Å². The van der Waals surface area contributed by atoms with E-state index < -0.39 is 0 Å². The molecular weight excluding hydrogens is 368 g/mol. The van der Waals surface area contributed by atoms with Gasteiger partial charge in [-0.25, -0.2) is 4.98 Å². The molecule has 150 valence electrons. The van der Waals surface area contributed by atoms with Crippen LogP contribution >= 0.6 is 11.3 Å². The zero-order chi connectivity index (χ0) is 19.9. The molecule has 0 aliphatic carbocycles. The number of piperazine rings is 1. The van der Waals surface area contributed by atoms with Gasteiger partial charge in [0.15, 0.2) is 0 Å². The van der Waals surface area contributed by atoms with Gasteiger partial charge in [0.25, 0.3) is 0 Å². The van der Waals surface area contributed by atoms with E-state index in [1.165, 1.54) is 5.56 Å². The molecule has 1 aliphatic rings. The van der Waals surface area contributed by atoms with Crippen molar-refractivity contribution in [2.75, 3.05) is 45.8 Å². The summed E-state index contributed by atoms with van der Waals surface area (Å²) in [5, 5.41) is 3.24. The molecule has 28 heavy (non-hydrogen) atoms. The fraction of sp³-hybridized carbons (Fsp3) is 0.455. The van der Waals surface area contributed by atoms with Gasteiger partial charge in [-0.15, -0.1) is 11.3 Å². The summed E-state index contributed by atoms with van der Waals surface area (Å²) in [5.41, 5.74) is 3.34. The van der Waals surface area contributed by atoms with Gasteiger partial charge in [-0.3, -0.25) is 14.6 Å². The number of aromatic nitrogens is 1. The molecule has 5 nitrogen and oxygen atoms in total. The first-order valence-electron chi connectivity index (χ1n) is 9.92. The maximum Gasteiger partial charge on any atom is 0.237 e. The summed E-state index contributed by atoms with van der Waals surface area (Å²) in [6.07, 6.45) is 0. The van der Waals surface area contributed by atoms with E-state index in [0.29, 0.717) is 13.1 Å². The number of nitrogens with zero attached hydrogens (tertiary/aromatic N) is 4. The normalized spacial score (nSPS) is 15.5. The summed E-state index contributed by atoms with van der Waals surface area (Å²) in [7, 11) is 0. The maximum absolute atomic E-state index is 12.5. The van der Waals surface area contributed by atoms with E-state index in [2.05, 4.69) is 33.9 Å². The van der Waals surface area contributed by atoms with Crippen molar-refractivity contribution in [2.24, 2.45) is 0 Å². The van der Waals surface area contributed by atoms with Crippen LogP contribution < -0.4 is 0 Å². The van der Waals surface area contributed by atoms with Gasteiger partial charge in [-0.2, -0.15) is 0 Å². The molecule has 0 unspecified atom stereocenters. The van der Waals surface area contributed by atoms with Crippen molar-refractivity contribution in [1.82, 2.24) is 19.7 Å². The maximum atomic E-state index is 12.5. The molecule has 0 radical (unpaired) electrons. The zero-order valence-corrected chi connectivity index (χ0v) is 17.7. The molecule has 0 bridgehead atoms. The van der Waals surface area contributed by atoms with Gasteiger partial charge in [-0.05, 0) is 13.8 Å². The molecule has 1 fully saturated rings. The number of likely N-dealkylation sites (N-methyl/N-ethyl adjacent to an activating group) is 1. The molecular formula is C22H30N4OS. The summed E-state index contributed by atoms with van der Waals surface area (Å²) in [5.74, 6) is 0.200. The Morgan fingerprint density at radius 2 is 1.86 bits per heavy atom. The highest BCUT2D eigenvalue weighted by Gasteiger charge is 2.22. The summed E-state index contributed by atoms with van der Waals surface area (Å²) < 4.78 is 0. The third-order valence-corrected chi connectivity index (χ3v) is 5.92. The van der Waals surface area contributed by atoms with Crippen LogP contribution in [0, 0.1) is 0 Å². The molecule has 2 heterocycles. The Labute approximate surface area is 172 Å². The molecule has 1 aromatic carbocycles. The third-order valence-electron chi connectivity index (χ3n) is 4.98. The van der Waals surface area contributed by atoms with Gasteiger partial charge in [-0.1, -0.05) is 42.5 Å². The molecule has 6 heteroatoms. The first kappa shape index (κ1) is 20.7. The first-order valence-corrected chi connectivity index (χ1v) is 10.8. The number of thiazole rings is 1. The van der Waals surface area contributed by atoms with Crippen molar-refractivity contribution in [3.63, 3.8) is 0 Å². The number of carbonyl (C=O) groups excluding carboxylic acids is 1. The SMILES string of the molecule is C=C(C)CN(CC)C(=O)CN1CCN(Cc2csc(-c3ccccc3)n2)CC1. The lowest BCUT2D eigenvalue weighted by atomic mass is 10.2. The van der Waals surface area contributed by atoms with Crippen molar-refractivity contribution in [3.8, 4) is 10.6 Å². The quantitative estimate of drug-likeness (QED) is 0.640. The minimum Gasteiger partial charge on any atom is -0.338 e. The van der Waals surface area contributed by atoms with Crippen molar-refractivity contribution >= 4 is 17.2 Å². The lowest BCUT2D eigenvalue weighted by Crippen LogP contribution is -2.49. The van der Waals surface area contributed by atoms with Gasteiger partial charge in [0.1, 0.15) is 5.01 Å². The van der Waals surface area contributed by atoms with Gasteiger partial charge >= 0.3 is 0 Å². The molecule has 0 saturated carbocycles. The van der Waals surface area contributed by atoms with Crippen LogP contribution in [0.4, 0.5) is 0 Å². The smallest absolute Gasteiger partial charge is 0.237 e. The molecule has 0 atom stereocenters. The summed E-state index contributed by atoms with van der Waals surface area (Å²) in [6, 6.07) is 10.3. The predicted molar refractivity (Wildman–Crippen MR) is 116 cm³/mol. The van der Waals surface area contributed by atoms with E-state index in [-0.39, 0.29) is 5.91 Å². The van der Waals surface area contributed by atoms with Crippen LogP contribution in [0.1, 0.15) is 19.5 Å². The van der Waals surface area contributed by atoms with E-state index in [0.717, 1.165) is 55.5 Å². The van der Waals surface area contributed by atoms with Gasteiger partial charge in [0.2, 0.25) is 5.91 Å². The second-order valence-electron chi connectivity index (χ2n) is 7.43. The van der Waals surface area contributed by atoms with Gasteiger partial charge in [0.05, 0.1) is 12.2 Å². The molecule has 0 N–H and O–H groups in total. The first-order chi connectivity index (χ1) is 13.5. The van der Waals surface area contributed by atoms with E-state index in [1.54, 1.807) is 11.3 Å². The molecule has 1 saturated heterocycles. The number of hydrogen-bond acceptors (Lipinski definition) is 5. The highest BCUT2D eigenvalue weighted by Crippen LogP contribution is 2.24. The van der Waals surface area contributed by atoms with Crippen LogP contribution in [-0.4, -0.2) is 71.4 Å². The Morgan fingerprint density at radius 1 is 1.18 bits per heavy atom. The second-order valence-corrected chi connectivity index (χ2v) is 8.29. The fourth-order valence-electron chi connectivity index (χ4n) is 3.42. The Hall–Kier alpha value is -2.02. The molecule has 0 spiro atoms. The minimum absolute atomic E-state index is 0.200. The molecule has 1 aliphatic heterocycles. The predicted octanol–water partition coefficient (Wildman–Crippen LogP) is 3.35. The van der Waals surface area contributed by atoms with Crippen LogP contribution in [0.3, 0.4) is 0 Å². The number of hydrogen-bond donors (Lipinski definition) is 0. The van der Waals surface area contributed by atoms with Crippen molar-refractivity contribution in [2.45, 2.75) is 20.4 Å². The van der Waals surface area contributed by atoms with Crippen molar-refractivity contribution in [3.05, 3.63) is 53.6 Å². The summed E-state index contributed by atoms with van der Waals surface area (Å²) in [4.78, 5) is 23.9. The summed E-state index contributed by atoms with van der Waals surface area (Å²) in [6.45, 7) is 14.5. The second kappa shape index (κ2) is 9.96. The highest BCUT2D eigenvalue weighted by atomic mass is 32.1. The van der Waals surface area contributed by atoms with Crippen molar-refractivity contribution in [1.29, 1.82) is 0 Å². The molecule has 1 aromatic heterocycles. The summed E-state index contributed by atoms with van der Waals surface area (Å²) >= 11 is 1.71. The lowest BCUT2D eigenvalue weighted by Gasteiger charge is -2.35. The monoisotopic (exact) mass is 398 g/mol. The van der Waals surface area contributed by atoms with E-state index >= 15 is 0 Å². The van der Waals surface area contributed by atoms with E-state index in [9.17, 15) is 4.79 Å². The van der Waals surface area contributed by atoms with Crippen LogP contribution in [0.2, 0.25) is 0 Å². The Balaban J connectivity index is 1.46. The van der Waals surface area contributed by atoms with Gasteiger partial charge in [0, 0.05) is 56.8 Å².